The van der Waals surface area contributed by atoms with E-state index in [0.717, 1.165) is 23.4 Å². The molecule has 0 aliphatic heterocycles. The molecule has 0 aliphatic carbocycles. The van der Waals surface area contributed by atoms with Gasteiger partial charge in [-0.3, -0.25) is 0 Å². The van der Waals surface area contributed by atoms with Crippen molar-refractivity contribution in [1.29, 1.82) is 0 Å². The lowest BCUT2D eigenvalue weighted by molar-refractivity contribution is 0.274. The first kappa shape index (κ1) is 17.2. The maximum atomic E-state index is 13.7. The van der Waals surface area contributed by atoms with Crippen LogP contribution in [-0.4, -0.2) is 24.0 Å². The van der Waals surface area contributed by atoms with Crippen LogP contribution in [0, 0.1) is 11.6 Å². The van der Waals surface area contributed by atoms with Gasteiger partial charge in [-0.05, 0) is 55.2 Å². The van der Waals surface area contributed by atoms with Crippen LogP contribution in [0.5, 0.6) is 11.5 Å². The first-order valence-electron chi connectivity index (χ1n) is 7.22. The zero-order valence-electron chi connectivity index (χ0n) is 12.6. The summed E-state index contributed by atoms with van der Waals surface area (Å²) in [6.07, 6.45) is 1.04. The molecule has 0 saturated heterocycles. The lowest BCUT2D eigenvalue weighted by Gasteiger charge is -2.10. The molecule has 122 valence electrons. The number of benzene rings is 2. The number of hydrogen-bond acceptors (Lipinski definition) is 4. The van der Waals surface area contributed by atoms with Gasteiger partial charge in [0, 0.05) is 0 Å². The molecule has 4 nitrogen and oxygen atoms in total. The van der Waals surface area contributed by atoms with Gasteiger partial charge in [0.15, 0.2) is 17.4 Å². The largest absolute Gasteiger partial charge is 0.707 e. The lowest BCUT2D eigenvalue weighted by atomic mass is 10.0. The van der Waals surface area contributed by atoms with Gasteiger partial charge in [0.05, 0.1) is 6.61 Å². The molecule has 2 aromatic carbocycles. The minimum Gasteiger partial charge on any atom is -0.508 e. The number of hydrogen-bond donors (Lipinski definition) is 2. The van der Waals surface area contributed by atoms with Crippen LogP contribution in [0.2, 0.25) is 0 Å². The highest BCUT2D eigenvalue weighted by atomic mass is 19.1. The van der Waals surface area contributed by atoms with Gasteiger partial charge in [-0.25, -0.2) is 8.78 Å². The third-order valence-electron chi connectivity index (χ3n) is 3.22. The summed E-state index contributed by atoms with van der Waals surface area (Å²) in [7, 11) is -2.27. The Bertz CT molecular complexity index is 624. The Hall–Kier alpha value is -2.12. The zero-order chi connectivity index (χ0) is 16.8. The van der Waals surface area contributed by atoms with Crippen molar-refractivity contribution < 1.29 is 28.2 Å². The van der Waals surface area contributed by atoms with Crippen molar-refractivity contribution in [1.82, 2.24) is 0 Å². The molecule has 0 amide bonds. The van der Waals surface area contributed by atoms with Gasteiger partial charge in [-0.2, -0.15) is 0 Å². The summed E-state index contributed by atoms with van der Waals surface area (Å²) in [5, 5.41) is 17.3. The molecule has 0 heterocycles. The monoisotopic (exact) mass is 322 g/mol. The lowest BCUT2D eigenvalue weighted by Crippen LogP contribution is -2.22. The minimum atomic E-state index is -2.27. The average Bonchev–Trinajstić information content (AvgIpc) is 2.50. The summed E-state index contributed by atoms with van der Waals surface area (Å²) >= 11 is 0. The van der Waals surface area contributed by atoms with Crippen LogP contribution in [0.25, 0.3) is 0 Å². The molecule has 2 rings (SSSR count). The molecule has 0 spiro atoms. The van der Waals surface area contributed by atoms with Crippen molar-refractivity contribution in [3.05, 3.63) is 59.2 Å². The molecular formula is C16H17BF2O4. The SMILES string of the molecule is CCOc1ccc(CCc2cc(F)c(OB(O)O)c(F)c2)cc1. The maximum absolute atomic E-state index is 13.7. The molecule has 0 saturated carbocycles. The third-order valence-corrected chi connectivity index (χ3v) is 3.22. The summed E-state index contributed by atoms with van der Waals surface area (Å²) in [6.45, 7) is 2.50. The molecule has 0 radical (unpaired) electrons. The second-order valence-electron chi connectivity index (χ2n) is 4.91. The van der Waals surface area contributed by atoms with E-state index in [-0.39, 0.29) is 0 Å². The number of aryl methyl sites for hydroxylation is 2. The molecule has 0 unspecified atom stereocenters. The summed E-state index contributed by atoms with van der Waals surface area (Å²) in [5.74, 6) is -1.97. The second kappa shape index (κ2) is 7.94. The maximum Gasteiger partial charge on any atom is 0.707 e. The summed E-state index contributed by atoms with van der Waals surface area (Å²) in [4.78, 5) is 0. The van der Waals surface area contributed by atoms with Crippen LogP contribution in [-0.2, 0) is 12.8 Å². The zero-order valence-corrected chi connectivity index (χ0v) is 12.6. The van der Waals surface area contributed by atoms with E-state index in [1.54, 1.807) is 0 Å². The fourth-order valence-electron chi connectivity index (χ4n) is 2.18. The van der Waals surface area contributed by atoms with Crippen LogP contribution >= 0.6 is 0 Å². The highest BCUT2D eigenvalue weighted by molar-refractivity contribution is 6.33. The van der Waals surface area contributed by atoms with E-state index >= 15 is 0 Å². The van der Waals surface area contributed by atoms with Gasteiger partial charge < -0.3 is 19.4 Å². The average molecular weight is 322 g/mol. The fourth-order valence-corrected chi connectivity index (χ4v) is 2.18. The summed E-state index contributed by atoms with van der Waals surface area (Å²) in [5.41, 5.74) is 1.47. The topological polar surface area (TPSA) is 58.9 Å². The molecule has 0 atom stereocenters. The Morgan fingerprint density at radius 1 is 0.957 bits per heavy atom. The van der Waals surface area contributed by atoms with Crippen LogP contribution in [0.3, 0.4) is 0 Å². The smallest absolute Gasteiger partial charge is 0.508 e. The van der Waals surface area contributed by atoms with E-state index in [1.807, 2.05) is 31.2 Å². The first-order valence-corrected chi connectivity index (χ1v) is 7.22. The Kier molecular flexibility index (Phi) is 5.95. The second-order valence-corrected chi connectivity index (χ2v) is 4.91. The molecule has 0 fully saturated rings. The Labute approximate surface area is 133 Å². The van der Waals surface area contributed by atoms with E-state index in [4.69, 9.17) is 14.8 Å². The van der Waals surface area contributed by atoms with Crippen LogP contribution in [0.1, 0.15) is 18.1 Å². The minimum absolute atomic E-state index is 0.434. The highest BCUT2D eigenvalue weighted by Crippen LogP contribution is 2.24. The Balaban J connectivity index is 2.03. The highest BCUT2D eigenvalue weighted by Gasteiger charge is 2.19. The van der Waals surface area contributed by atoms with Gasteiger partial charge in [0.25, 0.3) is 0 Å². The van der Waals surface area contributed by atoms with Crippen molar-refractivity contribution in [2.45, 2.75) is 19.8 Å². The third kappa shape index (κ3) is 4.94. The van der Waals surface area contributed by atoms with Crippen molar-refractivity contribution in [2.75, 3.05) is 6.61 Å². The van der Waals surface area contributed by atoms with Crippen LogP contribution in [0.15, 0.2) is 36.4 Å². The van der Waals surface area contributed by atoms with E-state index in [9.17, 15) is 8.78 Å². The van der Waals surface area contributed by atoms with E-state index in [0.29, 0.717) is 25.0 Å². The number of halogens is 2. The molecule has 23 heavy (non-hydrogen) atoms. The van der Waals surface area contributed by atoms with E-state index < -0.39 is 24.7 Å². The van der Waals surface area contributed by atoms with Gasteiger partial charge in [0.2, 0.25) is 0 Å². The normalized spacial score (nSPS) is 10.5. The van der Waals surface area contributed by atoms with Gasteiger partial charge in [-0.15, -0.1) is 0 Å². The predicted molar refractivity (Wildman–Crippen MR) is 82.2 cm³/mol. The molecule has 7 heteroatoms. The van der Waals surface area contributed by atoms with Crippen molar-refractivity contribution in [2.24, 2.45) is 0 Å². The quantitative estimate of drug-likeness (QED) is 0.769. The number of ether oxygens (including phenoxy) is 1. The van der Waals surface area contributed by atoms with Gasteiger partial charge in [0.1, 0.15) is 5.75 Å². The number of rotatable bonds is 7. The molecule has 0 bridgehead atoms. The molecular weight excluding hydrogens is 305 g/mol. The van der Waals surface area contributed by atoms with E-state index in [1.165, 1.54) is 0 Å². The van der Waals surface area contributed by atoms with Crippen molar-refractivity contribution in [3.63, 3.8) is 0 Å². The van der Waals surface area contributed by atoms with Gasteiger partial charge >= 0.3 is 7.32 Å². The molecule has 2 N–H and O–H groups in total. The molecule has 0 aliphatic rings. The first-order chi connectivity index (χ1) is 11.0. The van der Waals surface area contributed by atoms with Gasteiger partial charge in [-0.1, -0.05) is 12.1 Å². The van der Waals surface area contributed by atoms with Crippen molar-refractivity contribution >= 4 is 7.32 Å². The van der Waals surface area contributed by atoms with E-state index in [2.05, 4.69) is 4.65 Å². The summed E-state index contributed by atoms with van der Waals surface area (Å²) in [6, 6.07) is 9.73. The standard InChI is InChI=1S/C16H17BF2O4/c1-2-22-13-7-5-11(6-8-13)3-4-12-9-14(18)16(15(19)10-12)23-17(20)21/h5-10,20-21H,2-4H2,1H3. The summed E-state index contributed by atoms with van der Waals surface area (Å²) < 4.78 is 37.1. The van der Waals surface area contributed by atoms with Crippen LogP contribution in [0.4, 0.5) is 8.78 Å². The van der Waals surface area contributed by atoms with Crippen molar-refractivity contribution in [3.8, 4) is 11.5 Å². The predicted octanol–water partition coefficient (Wildman–Crippen LogP) is 2.50. The van der Waals surface area contributed by atoms with Crippen LogP contribution < -0.4 is 9.39 Å². The molecule has 2 aromatic rings. The Morgan fingerprint density at radius 2 is 1.52 bits per heavy atom. The Morgan fingerprint density at radius 3 is 2.04 bits per heavy atom. The molecule has 0 aromatic heterocycles. The fraction of sp³-hybridized carbons (Fsp3) is 0.250.